The van der Waals surface area contributed by atoms with E-state index in [1.165, 1.54) is 0 Å². The summed E-state index contributed by atoms with van der Waals surface area (Å²) in [6.45, 7) is 4.33. The first-order valence-electron chi connectivity index (χ1n) is 5.59. The van der Waals surface area contributed by atoms with Gasteiger partial charge in [-0.05, 0) is 6.07 Å². The molecule has 0 radical (unpaired) electrons. The van der Waals surface area contributed by atoms with E-state index in [1.807, 2.05) is 41.9 Å². The van der Waals surface area contributed by atoms with Crippen LogP contribution in [-0.4, -0.2) is 43.9 Å². The minimum atomic E-state index is 0.567. The Hall–Kier alpha value is -1.62. The predicted molar refractivity (Wildman–Crippen MR) is 59.9 cm³/mol. The van der Waals surface area contributed by atoms with E-state index in [2.05, 4.69) is 19.5 Å². The van der Waals surface area contributed by atoms with Gasteiger partial charge in [-0.2, -0.15) is 5.10 Å². The number of hydrogen-bond acceptors (Lipinski definition) is 3. The maximum absolute atomic E-state index is 4.26. The number of likely N-dealkylation sites (tertiary alicyclic amines) is 1. The fraction of sp³-hybridized carbons (Fsp3) is 0.455. The summed E-state index contributed by atoms with van der Waals surface area (Å²) in [5.41, 5.74) is 0. The standard InChI is InChI=1S/C11H15N5/c1-2-13-16(4-1)11-8-15(9-11)7-6-14-5-3-12-10-14/h1-5,10-11H,6-9H2. The molecule has 1 aliphatic heterocycles. The Morgan fingerprint density at radius 1 is 1.12 bits per heavy atom. The smallest absolute Gasteiger partial charge is 0.0946 e. The highest BCUT2D eigenvalue weighted by Crippen LogP contribution is 2.19. The van der Waals surface area contributed by atoms with Crippen LogP contribution in [-0.2, 0) is 6.54 Å². The quantitative estimate of drug-likeness (QED) is 0.754. The van der Waals surface area contributed by atoms with Gasteiger partial charge in [-0.3, -0.25) is 9.58 Å². The Balaban J connectivity index is 1.44. The summed E-state index contributed by atoms with van der Waals surface area (Å²) >= 11 is 0. The second-order valence-corrected chi connectivity index (χ2v) is 4.20. The van der Waals surface area contributed by atoms with E-state index in [0.717, 1.165) is 26.2 Å². The minimum Gasteiger partial charge on any atom is -0.336 e. The molecule has 2 aromatic rings. The first kappa shape index (κ1) is 9.59. The number of imidazole rings is 1. The zero-order valence-corrected chi connectivity index (χ0v) is 9.11. The van der Waals surface area contributed by atoms with Crippen LogP contribution in [0.3, 0.4) is 0 Å². The largest absolute Gasteiger partial charge is 0.336 e. The van der Waals surface area contributed by atoms with Crippen LogP contribution in [0.1, 0.15) is 6.04 Å². The fourth-order valence-corrected chi connectivity index (χ4v) is 2.07. The SMILES string of the molecule is c1cnn(C2CN(CCn3ccnc3)C2)c1. The highest BCUT2D eigenvalue weighted by molar-refractivity contribution is 4.89. The Morgan fingerprint density at radius 2 is 2.06 bits per heavy atom. The van der Waals surface area contributed by atoms with Gasteiger partial charge in [0, 0.05) is 51.0 Å². The summed E-state index contributed by atoms with van der Waals surface area (Å²) in [5.74, 6) is 0. The van der Waals surface area contributed by atoms with Crippen molar-refractivity contribution < 1.29 is 0 Å². The zero-order chi connectivity index (χ0) is 10.8. The molecule has 1 aliphatic rings. The van der Waals surface area contributed by atoms with Gasteiger partial charge in [-0.25, -0.2) is 4.98 Å². The second kappa shape index (κ2) is 4.09. The van der Waals surface area contributed by atoms with E-state index in [-0.39, 0.29) is 0 Å². The maximum Gasteiger partial charge on any atom is 0.0946 e. The number of aromatic nitrogens is 4. The van der Waals surface area contributed by atoms with Gasteiger partial charge in [0.25, 0.3) is 0 Å². The normalized spacial score (nSPS) is 17.5. The number of nitrogens with zero attached hydrogens (tertiary/aromatic N) is 5. The van der Waals surface area contributed by atoms with Gasteiger partial charge >= 0.3 is 0 Å². The molecule has 0 N–H and O–H groups in total. The van der Waals surface area contributed by atoms with Crippen LogP contribution in [0.2, 0.25) is 0 Å². The van der Waals surface area contributed by atoms with Crippen molar-refractivity contribution in [2.45, 2.75) is 12.6 Å². The van der Waals surface area contributed by atoms with Gasteiger partial charge < -0.3 is 4.57 Å². The summed E-state index contributed by atoms with van der Waals surface area (Å²) in [7, 11) is 0. The van der Waals surface area contributed by atoms with Crippen LogP contribution in [0.15, 0.2) is 37.2 Å². The van der Waals surface area contributed by atoms with Crippen LogP contribution in [0.4, 0.5) is 0 Å². The van der Waals surface area contributed by atoms with Crippen LogP contribution in [0, 0.1) is 0 Å². The van der Waals surface area contributed by atoms with Crippen molar-refractivity contribution in [3.05, 3.63) is 37.2 Å². The molecule has 1 saturated heterocycles. The summed E-state index contributed by atoms with van der Waals surface area (Å²) in [4.78, 5) is 6.47. The molecule has 1 fully saturated rings. The third-order valence-corrected chi connectivity index (χ3v) is 3.07. The average Bonchev–Trinajstić information content (AvgIpc) is 2.85. The van der Waals surface area contributed by atoms with Crippen LogP contribution < -0.4 is 0 Å². The summed E-state index contributed by atoms with van der Waals surface area (Å²) in [6, 6.07) is 2.55. The predicted octanol–water partition coefficient (Wildman–Crippen LogP) is 0.636. The Morgan fingerprint density at radius 3 is 2.75 bits per heavy atom. The van der Waals surface area contributed by atoms with E-state index in [9.17, 15) is 0 Å². The molecule has 0 spiro atoms. The molecule has 2 aromatic heterocycles. The lowest BCUT2D eigenvalue weighted by molar-refractivity contribution is 0.0946. The average molecular weight is 217 g/mol. The molecule has 3 heterocycles. The second-order valence-electron chi connectivity index (χ2n) is 4.20. The van der Waals surface area contributed by atoms with E-state index in [0.29, 0.717) is 6.04 Å². The minimum absolute atomic E-state index is 0.567. The van der Waals surface area contributed by atoms with Crippen molar-refractivity contribution in [1.82, 2.24) is 24.2 Å². The van der Waals surface area contributed by atoms with Crippen molar-refractivity contribution in [3.8, 4) is 0 Å². The summed E-state index contributed by atoms with van der Waals surface area (Å²) in [6.07, 6.45) is 9.57. The molecule has 0 bridgehead atoms. The van der Waals surface area contributed by atoms with Gasteiger partial charge in [-0.1, -0.05) is 0 Å². The number of rotatable bonds is 4. The van der Waals surface area contributed by atoms with Crippen molar-refractivity contribution in [3.63, 3.8) is 0 Å². The van der Waals surface area contributed by atoms with E-state index in [1.54, 1.807) is 0 Å². The number of hydrogen-bond donors (Lipinski definition) is 0. The lowest BCUT2D eigenvalue weighted by Gasteiger charge is -2.39. The lowest BCUT2D eigenvalue weighted by Crippen LogP contribution is -2.48. The highest BCUT2D eigenvalue weighted by Gasteiger charge is 2.27. The van der Waals surface area contributed by atoms with Crippen LogP contribution in [0.25, 0.3) is 0 Å². The molecule has 0 unspecified atom stereocenters. The van der Waals surface area contributed by atoms with E-state index >= 15 is 0 Å². The van der Waals surface area contributed by atoms with Crippen LogP contribution in [0.5, 0.6) is 0 Å². The lowest BCUT2D eigenvalue weighted by atomic mass is 10.1. The Bertz CT molecular complexity index is 410. The topological polar surface area (TPSA) is 38.9 Å². The van der Waals surface area contributed by atoms with E-state index in [4.69, 9.17) is 0 Å². The molecule has 3 rings (SSSR count). The Labute approximate surface area is 94.3 Å². The maximum atomic E-state index is 4.26. The summed E-state index contributed by atoms with van der Waals surface area (Å²) < 4.78 is 4.16. The molecule has 0 amide bonds. The highest BCUT2D eigenvalue weighted by atomic mass is 15.4. The molecule has 5 nitrogen and oxygen atoms in total. The molecule has 16 heavy (non-hydrogen) atoms. The van der Waals surface area contributed by atoms with E-state index < -0.39 is 0 Å². The zero-order valence-electron chi connectivity index (χ0n) is 9.11. The van der Waals surface area contributed by atoms with Gasteiger partial charge in [-0.15, -0.1) is 0 Å². The van der Waals surface area contributed by atoms with Gasteiger partial charge in [0.05, 0.1) is 12.4 Å². The van der Waals surface area contributed by atoms with Gasteiger partial charge in [0.2, 0.25) is 0 Å². The molecule has 0 atom stereocenters. The monoisotopic (exact) mass is 217 g/mol. The first-order valence-corrected chi connectivity index (χ1v) is 5.59. The fourth-order valence-electron chi connectivity index (χ4n) is 2.07. The first-order chi connectivity index (χ1) is 7.92. The third-order valence-electron chi connectivity index (χ3n) is 3.07. The van der Waals surface area contributed by atoms with Crippen molar-refractivity contribution in [1.29, 1.82) is 0 Å². The molecule has 0 aromatic carbocycles. The van der Waals surface area contributed by atoms with Gasteiger partial charge in [0.1, 0.15) is 0 Å². The van der Waals surface area contributed by atoms with Crippen molar-refractivity contribution in [2.24, 2.45) is 0 Å². The van der Waals surface area contributed by atoms with Crippen molar-refractivity contribution in [2.75, 3.05) is 19.6 Å². The van der Waals surface area contributed by atoms with Crippen molar-refractivity contribution >= 4 is 0 Å². The van der Waals surface area contributed by atoms with Gasteiger partial charge in [0.15, 0.2) is 0 Å². The molecular weight excluding hydrogens is 202 g/mol. The summed E-state index contributed by atoms with van der Waals surface area (Å²) in [5, 5.41) is 4.26. The third kappa shape index (κ3) is 1.86. The molecule has 0 aliphatic carbocycles. The molecular formula is C11H15N5. The Kier molecular flexibility index (Phi) is 2.46. The molecule has 84 valence electrons. The molecule has 5 heteroatoms. The molecule has 0 saturated carbocycles. The van der Waals surface area contributed by atoms with Crippen LogP contribution >= 0.6 is 0 Å².